The van der Waals surface area contributed by atoms with Crippen molar-refractivity contribution in [3.05, 3.63) is 24.0 Å². The summed E-state index contributed by atoms with van der Waals surface area (Å²) >= 11 is 0. The Balaban J connectivity index is 1.97. The molecule has 0 saturated carbocycles. The summed E-state index contributed by atoms with van der Waals surface area (Å²) in [6.07, 6.45) is 1.88. The number of piperazine rings is 1. The molecule has 1 amide bonds. The van der Waals surface area contributed by atoms with E-state index in [1.165, 1.54) is 0 Å². The molecule has 2 N–H and O–H groups in total. The second-order valence-electron chi connectivity index (χ2n) is 3.19. The van der Waals surface area contributed by atoms with Crippen molar-refractivity contribution in [2.75, 3.05) is 19.6 Å². The molecule has 1 saturated heterocycles. The molecule has 1 aliphatic rings. The third-order valence-electron chi connectivity index (χ3n) is 2.21. The van der Waals surface area contributed by atoms with E-state index in [4.69, 9.17) is 0 Å². The van der Waals surface area contributed by atoms with Gasteiger partial charge >= 0.3 is 0 Å². The summed E-state index contributed by atoms with van der Waals surface area (Å²) < 4.78 is 0. The fraction of sp³-hybridized carbons (Fsp3) is 0.444. The second kappa shape index (κ2) is 3.62. The van der Waals surface area contributed by atoms with Crippen molar-refractivity contribution in [3.63, 3.8) is 0 Å². The standard InChI is InChI=1S/C9H13N3O/c13-9-6-10-4-5-12(9)7-8-2-1-3-11-8/h1-3,10-11H,4-7H2. The van der Waals surface area contributed by atoms with E-state index in [9.17, 15) is 4.79 Å². The van der Waals surface area contributed by atoms with Gasteiger partial charge in [-0.3, -0.25) is 4.79 Å². The van der Waals surface area contributed by atoms with Crippen molar-refractivity contribution in [2.45, 2.75) is 6.54 Å². The first-order chi connectivity index (χ1) is 6.36. The van der Waals surface area contributed by atoms with Gasteiger partial charge in [-0.25, -0.2) is 0 Å². The van der Waals surface area contributed by atoms with Gasteiger partial charge in [0, 0.05) is 25.0 Å². The summed E-state index contributed by atoms with van der Waals surface area (Å²) in [6.45, 7) is 2.87. The van der Waals surface area contributed by atoms with E-state index >= 15 is 0 Å². The normalized spacial score (nSPS) is 17.8. The summed E-state index contributed by atoms with van der Waals surface area (Å²) in [5, 5.41) is 3.04. The summed E-state index contributed by atoms with van der Waals surface area (Å²) in [5.41, 5.74) is 1.09. The number of aromatic nitrogens is 1. The lowest BCUT2D eigenvalue weighted by atomic mass is 10.3. The topological polar surface area (TPSA) is 48.1 Å². The van der Waals surface area contributed by atoms with Crippen molar-refractivity contribution in [2.24, 2.45) is 0 Å². The third kappa shape index (κ3) is 1.89. The molecule has 1 aromatic rings. The minimum absolute atomic E-state index is 0.181. The van der Waals surface area contributed by atoms with Gasteiger partial charge in [-0.2, -0.15) is 0 Å². The lowest BCUT2D eigenvalue weighted by molar-refractivity contribution is -0.132. The first-order valence-corrected chi connectivity index (χ1v) is 4.47. The molecule has 1 fully saturated rings. The lowest BCUT2D eigenvalue weighted by Crippen LogP contribution is -2.47. The van der Waals surface area contributed by atoms with E-state index in [2.05, 4.69) is 10.3 Å². The predicted octanol–water partition coefficient (Wildman–Crippen LogP) is -0.0535. The van der Waals surface area contributed by atoms with Crippen LogP contribution in [0.4, 0.5) is 0 Å². The molecule has 0 aromatic carbocycles. The Morgan fingerprint density at radius 3 is 3.15 bits per heavy atom. The number of carbonyl (C=O) groups is 1. The van der Waals surface area contributed by atoms with Gasteiger partial charge in [-0.1, -0.05) is 0 Å². The first-order valence-electron chi connectivity index (χ1n) is 4.47. The highest BCUT2D eigenvalue weighted by atomic mass is 16.2. The number of nitrogens with one attached hydrogen (secondary N) is 2. The lowest BCUT2D eigenvalue weighted by Gasteiger charge is -2.26. The van der Waals surface area contributed by atoms with Gasteiger partial charge in [0.15, 0.2) is 0 Å². The zero-order valence-corrected chi connectivity index (χ0v) is 7.42. The highest BCUT2D eigenvalue weighted by Crippen LogP contribution is 2.03. The smallest absolute Gasteiger partial charge is 0.236 e. The summed E-state index contributed by atoms with van der Waals surface area (Å²) in [7, 11) is 0. The molecule has 4 nitrogen and oxygen atoms in total. The Hall–Kier alpha value is -1.29. The quantitative estimate of drug-likeness (QED) is 0.668. The van der Waals surface area contributed by atoms with Crippen molar-refractivity contribution >= 4 is 5.91 Å². The number of amides is 1. The van der Waals surface area contributed by atoms with Crippen LogP contribution in [0.5, 0.6) is 0 Å². The molecule has 70 valence electrons. The summed E-state index contributed by atoms with van der Waals surface area (Å²) in [5.74, 6) is 0.181. The zero-order valence-electron chi connectivity index (χ0n) is 7.42. The molecule has 0 bridgehead atoms. The molecule has 0 radical (unpaired) electrons. The number of carbonyl (C=O) groups excluding carboxylic acids is 1. The average molecular weight is 179 g/mol. The van der Waals surface area contributed by atoms with Crippen molar-refractivity contribution in [1.82, 2.24) is 15.2 Å². The van der Waals surface area contributed by atoms with Crippen LogP contribution < -0.4 is 5.32 Å². The van der Waals surface area contributed by atoms with Gasteiger partial charge in [0.05, 0.1) is 13.1 Å². The molecule has 0 atom stereocenters. The van der Waals surface area contributed by atoms with Gasteiger partial charge < -0.3 is 15.2 Å². The van der Waals surface area contributed by atoms with Gasteiger partial charge in [0.1, 0.15) is 0 Å². The Morgan fingerprint density at radius 1 is 1.54 bits per heavy atom. The van der Waals surface area contributed by atoms with E-state index in [0.29, 0.717) is 13.1 Å². The van der Waals surface area contributed by atoms with E-state index < -0.39 is 0 Å². The first kappa shape index (κ1) is 8.31. The largest absolute Gasteiger partial charge is 0.364 e. The van der Waals surface area contributed by atoms with Crippen LogP contribution in [0.3, 0.4) is 0 Å². The minimum Gasteiger partial charge on any atom is -0.364 e. The Kier molecular flexibility index (Phi) is 2.31. The Labute approximate surface area is 76.9 Å². The van der Waals surface area contributed by atoms with E-state index in [1.54, 1.807) is 0 Å². The van der Waals surface area contributed by atoms with Crippen LogP contribution in [0.2, 0.25) is 0 Å². The number of H-pyrrole nitrogens is 1. The second-order valence-corrected chi connectivity index (χ2v) is 3.19. The van der Waals surface area contributed by atoms with E-state index in [-0.39, 0.29) is 5.91 Å². The van der Waals surface area contributed by atoms with Crippen LogP contribution in [0.1, 0.15) is 5.69 Å². The maximum absolute atomic E-state index is 11.4. The number of nitrogens with zero attached hydrogens (tertiary/aromatic N) is 1. The van der Waals surface area contributed by atoms with Crippen LogP contribution >= 0.6 is 0 Å². The predicted molar refractivity (Wildman–Crippen MR) is 49.1 cm³/mol. The molecule has 0 unspecified atom stereocenters. The fourth-order valence-electron chi connectivity index (χ4n) is 1.48. The number of hydrogen-bond donors (Lipinski definition) is 2. The van der Waals surface area contributed by atoms with Crippen molar-refractivity contribution in [1.29, 1.82) is 0 Å². The molecule has 2 rings (SSSR count). The molecule has 2 heterocycles. The fourth-order valence-corrected chi connectivity index (χ4v) is 1.48. The SMILES string of the molecule is O=C1CNCCN1Cc1ccc[nH]1. The van der Waals surface area contributed by atoms with Crippen LogP contribution in [0.25, 0.3) is 0 Å². The average Bonchev–Trinajstić information content (AvgIpc) is 2.61. The highest BCUT2D eigenvalue weighted by molar-refractivity contribution is 5.78. The third-order valence-corrected chi connectivity index (χ3v) is 2.21. The minimum atomic E-state index is 0.181. The summed E-state index contributed by atoms with van der Waals surface area (Å²) in [4.78, 5) is 16.3. The zero-order chi connectivity index (χ0) is 9.10. The molecular formula is C9H13N3O. The van der Waals surface area contributed by atoms with Crippen LogP contribution in [-0.4, -0.2) is 35.4 Å². The molecule has 13 heavy (non-hydrogen) atoms. The van der Waals surface area contributed by atoms with Crippen LogP contribution in [0.15, 0.2) is 18.3 Å². The van der Waals surface area contributed by atoms with Crippen molar-refractivity contribution < 1.29 is 4.79 Å². The maximum Gasteiger partial charge on any atom is 0.236 e. The van der Waals surface area contributed by atoms with Crippen molar-refractivity contribution in [3.8, 4) is 0 Å². The monoisotopic (exact) mass is 179 g/mol. The number of hydrogen-bond acceptors (Lipinski definition) is 2. The van der Waals surface area contributed by atoms with Gasteiger partial charge in [0.25, 0.3) is 0 Å². The molecular weight excluding hydrogens is 166 g/mol. The molecule has 1 aromatic heterocycles. The Morgan fingerprint density at radius 2 is 2.46 bits per heavy atom. The molecule has 0 spiro atoms. The van der Waals surface area contributed by atoms with E-state index in [0.717, 1.165) is 18.8 Å². The van der Waals surface area contributed by atoms with E-state index in [1.807, 2.05) is 23.2 Å². The molecule has 4 heteroatoms. The van der Waals surface area contributed by atoms with Crippen LogP contribution in [0, 0.1) is 0 Å². The summed E-state index contributed by atoms with van der Waals surface area (Å²) in [6, 6.07) is 3.94. The van der Waals surface area contributed by atoms with Crippen LogP contribution in [-0.2, 0) is 11.3 Å². The number of rotatable bonds is 2. The van der Waals surface area contributed by atoms with Gasteiger partial charge in [-0.15, -0.1) is 0 Å². The molecule has 0 aliphatic carbocycles. The maximum atomic E-state index is 11.4. The highest BCUT2D eigenvalue weighted by Gasteiger charge is 2.17. The van der Waals surface area contributed by atoms with Gasteiger partial charge in [-0.05, 0) is 12.1 Å². The molecule has 1 aliphatic heterocycles. The number of aromatic amines is 1. The Bertz CT molecular complexity index is 281. The van der Waals surface area contributed by atoms with Gasteiger partial charge in [0.2, 0.25) is 5.91 Å².